The second kappa shape index (κ2) is 8.85. The Morgan fingerprint density at radius 1 is 0.778 bits per heavy atom. The summed E-state index contributed by atoms with van der Waals surface area (Å²) in [6.45, 7) is 0. The van der Waals surface area contributed by atoms with E-state index in [2.05, 4.69) is 49.4 Å². The maximum Gasteiger partial charge on any atom is 0.140 e. The summed E-state index contributed by atoms with van der Waals surface area (Å²) in [5.74, 6) is 0.883. The van der Waals surface area contributed by atoms with Crippen molar-refractivity contribution < 1.29 is 0 Å². The predicted molar refractivity (Wildman–Crippen MR) is 143 cm³/mol. The van der Waals surface area contributed by atoms with Crippen molar-refractivity contribution in [2.75, 3.05) is 10.6 Å². The van der Waals surface area contributed by atoms with Gasteiger partial charge in [0.05, 0.1) is 28.2 Å². The van der Waals surface area contributed by atoms with E-state index in [1.54, 1.807) is 24.7 Å². The summed E-state index contributed by atoms with van der Waals surface area (Å²) in [4.78, 5) is 13.4. The summed E-state index contributed by atoms with van der Waals surface area (Å²) in [5, 5.41) is 17.1. The molecule has 0 saturated heterocycles. The third-order valence-electron chi connectivity index (χ3n) is 6.12. The van der Waals surface area contributed by atoms with Crippen molar-refractivity contribution in [2.24, 2.45) is 7.05 Å². The highest BCUT2D eigenvalue weighted by atomic mass is 15.1. The molecule has 0 unspecified atom stereocenters. The van der Waals surface area contributed by atoms with Crippen LogP contribution < -0.4 is 10.6 Å². The third kappa shape index (κ3) is 3.97. The van der Waals surface area contributed by atoms with Crippen molar-refractivity contribution in [2.45, 2.75) is 0 Å². The molecule has 3 aromatic carbocycles. The van der Waals surface area contributed by atoms with Crippen LogP contribution in [0.3, 0.4) is 0 Å². The zero-order valence-electron chi connectivity index (χ0n) is 19.5. The Hall–Kier alpha value is -5.22. The van der Waals surface area contributed by atoms with Crippen LogP contribution in [-0.2, 0) is 7.05 Å². The quantitative estimate of drug-likeness (QED) is 0.299. The molecule has 0 saturated carbocycles. The van der Waals surface area contributed by atoms with E-state index in [9.17, 15) is 5.26 Å². The number of anilines is 4. The number of aromatic nitrogens is 4. The van der Waals surface area contributed by atoms with Crippen LogP contribution >= 0.6 is 0 Å². The lowest BCUT2D eigenvalue weighted by atomic mass is 10.1. The first-order valence-electron chi connectivity index (χ1n) is 11.5. The van der Waals surface area contributed by atoms with E-state index in [1.807, 2.05) is 61.6 Å². The first-order chi connectivity index (χ1) is 17.7. The third-order valence-corrected chi connectivity index (χ3v) is 6.12. The van der Waals surface area contributed by atoms with Gasteiger partial charge in [0.2, 0.25) is 0 Å². The van der Waals surface area contributed by atoms with Gasteiger partial charge in [-0.05, 0) is 66.7 Å². The summed E-state index contributed by atoms with van der Waals surface area (Å²) >= 11 is 0. The highest BCUT2D eigenvalue weighted by Gasteiger charge is 2.12. The number of nitrogens with one attached hydrogen (secondary N) is 2. The summed E-state index contributed by atoms with van der Waals surface area (Å²) in [5.41, 5.74) is 8.17. The molecule has 6 rings (SSSR count). The van der Waals surface area contributed by atoms with E-state index in [0.29, 0.717) is 5.56 Å². The first kappa shape index (κ1) is 21.3. The molecule has 0 aliphatic heterocycles. The van der Waals surface area contributed by atoms with E-state index in [1.165, 1.54) is 0 Å². The minimum absolute atomic E-state index is 0.603. The Labute approximate surface area is 207 Å². The molecule has 0 bridgehead atoms. The molecular weight excluding hydrogens is 446 g/mol. The van der Waals surface area contributed by atoms with Crippen molar-refractivity contribution >= 4 is 44.7 Å². The van der Waals surface area contributed by atoms with Gasteiger partial charge in [-0.25, -0.2) is 4.98 Å². The maximum atomic E-state index is 9.31. The number of hydrogen-bond acceptors (Lipinski definition) is 6. The van der Waals surface area contributed by atoms with Crippen molar-refractivity contribution in [3.05, 3.63) is 103 Å². The summed E-state index contributed by atoms with van der Waals surface area (Å²) in [7, 11) is 2.03. The smallest absolute Gasteiger partial charge is 0.140 e. The molecule has 3 aromatic heterocycles. The maximum absolute atomic E-state index is 9.31. The van der Waals surface area contributed by atoms with E-state index in [-0.39, 0.29) is 0 Å². The zero-order valence-corrected chi connectivity index (χ0v) is 19.5. The SMILES string of the molecule is Cn1c(-c2cccc(Nc3ccncc3)c2)nc2ccc(Nc3ccnc4ccc(C#N)cc34)cc21. The minimum Gasteiger partial charge on any atom is -0.355 e. The van der Waals surface area contributed by atoms with Crippen molar-refractivity contribution in [3.8, 4) is 17.5 Å². The van der Waals surface area contributed by atoms with Crippen molar-refractivity contribution in [3.63, 3.8) is 0 Å². The lowest BCUT2D eigenvalue weighted by Crippen LogP contribution is -1.96. The molecule has 36 heavy (non-hydrogen) atoms. The molecule has 172 valence electrons. The number of pyridine rings is 2. The molecule has 2 N–H and O–H groups in total. The normalized spacial score (nSPS) is 10.9. The molecule has 0 amide bonds. The average molecular weight is 468 g/mol. The molecule has 0 atom stereocenters. The Balaban J connectivity index is 1.34. The molecule has 6 aromatic rings. The Morgan fingerprint density at radius 2 is 1.61 bits per heavy atom. The fraction of sp³-hybridized carbons (Fsp3) is 0.0345. The van der Waals surface area contributed by atoms with Gasteiger partial charge in [-0.2, -0.15) is 5.26 Å². The summed E-state index contributed by atoms with van der Waals surface area (Å²) < 4.78 is 2.10. The van der Waals surface area contributed by atoms with Crippen LogP contribution in [0.25, 0.3) is 33.3 Å². The van der Waals surface area contributed by atoms with E-state index in [4.69, 9.17) is 4.98 Å². The second-order valence-corrected chi connectivity index (χ2v) is 8.47. The van der Waals surface area contributed by atoms with Gasteiger partial charge in [-0.3, -0.25) is 9.97 Å². The lowest BCUT2D eigenvalue weighted by Gasteiger charge is -2.10. The van der Waals surface area contributed by atoms with Gasteiger partial charge in [-0.1, -0.05) is 12.1 Å². The van der Waals surface area contributed by atoms with Gasteiger partial charge in [0.1, 0.15) is 5.82 Å². The van der Waals surface area contributed by atoms with E-state index in [0.717, 1.165) is 56.1 Å². The molecule has 0 radical (unpaired) electrons. The van der Waals surface area contributed by atoms with E-state index < -0.39 is 0 Å². The summed E-state index contributed by atoms with van der Waals surface area (Å²) in [6.07, 6.45) is 5.30. The summed E-state index contributed by atoms with van der Waals surface area (Å²) in [6, 6.07) is 27.8. The zero-order chi connectivity index (χ0) is 24.5. The number of nitrogens with zero attached hydrogens (tertiary/aromatic N) is 5. The number of nitriles is 1. The van der Waals surface area contributed by atoms with E-state index >= 15 is 0 Å². The fourth-order valence-electron chi connectivity index (χ4n) is 4.34. The average Bonchev–Trinajstić information content (AvgIpc) is 3.25. The standard InChI is InChI=1S/C29H21N7/c1-36-28-17-23(34-26-11-14-32-25-7-5-19(18-30)15-24(25)26)6-8-27(28)35-29(36)20-3-2-4-22(16-20)33-21-9-12-31-13-10-21/h2-17H,1H3,(H,31,33)(H,32,34). The number of imidazole rings is 1. The largest absolute Gasteiger partial charge is 0.355 e. The van der Waals surface area contributed by atoms with Crippen LogP contribution in [-0.4, -0.2) is 19.5 Å². The minimum atomic E-state index is 0.603. The Kier molecular flexibility index (Phi) is 5.24. The first-order valence-corrected chi connectivity index (χ1v) is 11.5. The monoisotopic (exact) mass is 467 g/mol. The van der Waals surface area contributed by atoms with Crippen molar-refractivity contribution in [1.29, 1.82) is 5.26 Å². The van der Waals surface area contributed by atoms with Gasteiger partial charge in [0, 0.05) is 59.3 Å². The van der Waals surface area contributed by atoms with Crippen LogP contribution in [0.2, 0.25) is 0 Å². The number of fused-ring (bicyclic) bond motifs is 2. The van der Waals surface area contributed by atoms with Crippen LogP contribution in [0.5, 0.6) is 0 Å². The molecule has 0 fully saturated rings. The number of aryl methyl sites for hydroxylation is 1. The van der Waals surface area contributed by atoms with Gasteiger partial charge >= 0.3 is 0 Å². The number of rotatable bonds is 5. The Morgan fingerprint density at radius 3 is 2.47 bits per heavy atom. The molecular formula is C29H21N7. The van der Waals surface area contributed by atoms with Crippen LogP contribution in [0.15, 0.2) is 97.5 Å². The molecule has 0 spiro atoms. The topological polar surface area (TPSA) is 91.4 Å². The van der Waals surface area contributed by atoms with Gasteiger partial charge < -0.3 is 15.2 Å². The Bertz CT molecular complexity index is 1760. The molecule has 7 heteroatoms. The highest BCUT2D eigenvalue weighted by molar-refractivity contribution is 5.94. The van der Waals surface area contributed by atoms with Crippen molar-refractivity contribution in [1.82, 2.24) is 19.5 Å². The van der Waals surface area contributed by atoms with Crippen LogP contribution in [0.4, 0.5) is 22.7 Å². The number of hydrogen-bond donors (Lipinski definition) is 2. The van der Waals surface area contributed by atoms with Gasteiger partial charge in [0.15, 0.2) is 0 Å². The molecule has 0 aliphatic carbocycles. The molecule has 3 heterocycles. The second-order valence-electron chi connectivity index (χ2n) is 8.47. The van der Waals surface area contributed by atoms with Crippen LogP contribution in [0, 0.1) is 11.3 Å². The molecule has 0 aliphatic rings. The number of benzene rings is 3. The highest BCUT2D eigenvalue weighted by Crippen LogP contribution is 2.31. The molecule has 7 nitrogen and oxygen atoms in total. The fourth-order valence-corrected chi connectivity index (χ4v) is 4.34. The lowest BCUT2D eigenvalue weighted by molar-refractivity contribution is 0.959. The van der Waals surface area contributed by atoms with Gasteiger partial charge in [0.25, 0.3) is 0 Å². The predicted octanol–water partition coefficient (Wildman–Crippen LogP) is 6.54. The van der Waals surface area contributed by atoms with Crippen LogP contribution in [0.1, 0.15) is 5.56 Å². The van der Waals surface area contributed by atoms with Gasteiger partial charge in [-0.15, -0.1) is 0 Å².